The van der Waals surface area contributed by atoms with Gasteiger partial charge in [0.15, 0.2) is 0 Å². The molecule has 0 radical (unpaired) electrons. The molecular formula is C18H22F16O8S2. The van der Waals surface area contributed by atoms with Crippen LogP contribution in [0.25, 0.3) is 0 Å². The van der Waals surface area contributed by atoms with Gasteiger partial charge in [-0.05, 0) is 25.7 Å². The van der Waals surface area contributed by atoms with Gasteiger partial charge in [0, 0.05) is 10.8 Å². The lowest BCUT2D eigenvalue weighted by atomic mass is 9.62. The molecule has 0 amide bonds. The fraction of sp³-hybridized carbons (Fsp3) is 1.00. The van der Waals surface area contributed by atoms with Crippen molar-refractivity contribution >= 4 is 20.2 Å². The molecule has 0 bridgehead atoms. The Labute approximate surface area is 237 Å². The molecule has 0 aliphatic rings. The normalized spacial score (nSPS) is 17.5. The van der Waals surface area contributed by atoms with Crippen molar-refractivity contribution in [3.8, 4) is 0 Å². The van der Waals surface area contributed by atoms with E-state index in [1.54, 1.807) is 0 Å². The molecule has 44 heavy (non-hydrogen) atoms. The first-order chi connectivity index (χ1) is 18.8. The van der Waals surface area contributed by atoms with Gasteiger partial charge >= 0.3 is 67.0 Å². The van der Waals surface area contributed by atoms with Crippen molar-refractivity contribution in [2.24, 2.45) is 10.8 Å². The number of halogens is 16. The summed E-state index contributed by atoms with van der Waals surface area (Å²) >= 11 is 0. The van der Waals surface area contributed by atoms with E-state index in [0.717, 1.165) is 0 Å². The Hall–Kier alpha value is -1.38. The summed E-state index contributed by atoms with van der Waals surface area (Å²) in [4.78, 5) is 0. The zero-order chi connectivity index (χ0) is 36.2. The van der Waals surface area contributed by atoms with Gasteiger partial charge in [0.25, 0.3) is 0 Å². The highest BCUT2D eigenvalue weighted by atomic mass is 32.2. The van der Waals surface area contributed by atoms with E-state index in [2.05, 4.69) is 9.47 Å². The van der Waals surface area contributed by atoms with Gasteiger partial charge in [-0.2, -0.15) is 87.1 Å². The zero-order valence-corrected chi connectivity index (χ0v) is 23.7. The summed E-state index contributed by atoms with van der Waals surface area (Å²) in [5.74, 6) is -13.0. The number of alkyl halides is 16. The van der Waals surface area contributed by atoms with E-state index in [9.17, 15) is 69.5 Å². The minimum atomic E-state index is -7.38. The van der Waals surface area contributed by atoms with Gasteiger partial charge in [-0.1, -0.05) is 27.7 Å². The molecule has 0 aromatic rings. The van der Waals surface area contributed by atoms with Crippen molar-refractivity contribution in [3.05, 3.63) is 0 Å². The molecule has 2 N–H and O–H groups in total. The highest BCUT2D eigenvalue weighted by molar-refractivity contribution is 7.87. The lowest BCUT2D eigenvalue weighted by molar-refractivity contribution is -0.479. The molecule has 0 saturated carbocycles. The van der Waals surface area contributed by atoms with E-state index in [4.69, 9.17) is 9.11 Å². The molecule has 0 aliphatic heterocycles. The van der Waals surface area contributed by atoms with Crippen molar-refractivity contribution in [3.63, 3.8) is 0 Å². The van der Waals surface area contributed by atoms with Crippen LogP contribution in [-0.4, -0.2) is 72.7 Å². The molecule has 0 heterocycles. The van der Waals surface area contributed by atoms with Crippen LogP contribution >= 0.6 is 0 Å². The number of rotatable bonds is 17. The standard InChI is InChI=1S/C18H22F16O8S2/c1-5-9(4,11(19,20)13(23,24)41-15(27,28)17(31,32)43(35,36)37)8-10(6-2,7-3)12(21,22)14(25,26)42-16(29,30)18(33,34)44(38,39)40/h5-8H2,1-4H3,(H,35,36,37)(H,38,39,40). The van der Waals surface area contributed by atoms with Crippen molar-refractivity contribution < 1.29 is 106 Å². The van der Waals surface area contributed by atoms with E-state index in [1.165, 1.54) is 0 Å². The summed E-state index contributed by atoms with van der Waals surface area (Å²) < 4.78 is 289. The first-order valence-corrected chi connectivity index (χ1v) is 14.0. The van der Waals surface area contributed by atoms with Crippen LogP contribution in [0.2, 0.25) is 0 Å². The molecule has 8 nitrogen and oxygen atoms in total. The summed E-state index contributed by atoms with van der Waals surface area (Å²) in [6.45, 7) is 0.919. The Morgan fingerprint density at radius 3 is 1.00 bits per heavy atom. The number of hydrogen-bond acceptors (Lipinski definition) is 6. The molecule has 26 heteroatoms. The van der Waals surface area contributed by atoms with Gasteiger partial charge in [0.1, 0.15) is 0 Å². The number of hydrogen-bond donors (Lipinski definition) is 2. The SMILES string of the molecule is CCC(C)(CC(CC)(CC)C(F)(F)C(F)(F)OC(F)(F)C(F)(F)S(=O)(=O)O)C(F)(F)C(F)(F)OC(F)(F)C(F)(F)S(=O)(=O)O. The average Bonchev–Trinajstić information content (AvgIpc) is 2.78. The van der Waals surface area contributed by atoms with Crippen LogP contribution in [0.4, 0.5) is 70.2 Å². The Kier molecular flexibility index (Phi) is 11.3. The lowest BCUT2D eigenvalue weighted by Crippen LogP contribution is -2.64. The van der Waals surface area contributed by atoms with Crippen LogP contribution in [0.15, 0.2) is 0 Å². The summed E-state index contributed by atoms with van der Waals surface area (Å²) in [5.41, 5.74) is -8.22. The molecule has 1 unspecified atom stereocenters. The Morgan fingerprint density at radius 1 is 0.500 bits per heavy atom. The van der Waals surface area contributed by atoms with Crippen molar-refractivity contribution in [2.45, 2.75) is 100 Å². The van der Waals surface area contributed by atoms with Gasteiger partial charge < -0.3 is 0 Å². The third kappa shape index (κ3) is 6.69. The Morgan fingerprint density at radius 2 is 0.773 bits per heavy atom. The summed E-state index contributed by atoms with van der Waals surface area (Å²) in [5, 5.41) is -14.1. The largest absolute Gasteiger partial charge is 0.460 e. The fourth-order valence-corrected chi connectivity index (χ4v) is 4.47. The molecule has 0 aromatic heterocycles. The molecular weight excluding hydrogens is 712 g/mol. The monoisotopic (exact) mass is 734 g/mol. The predicted octanol–water partition coefficient (Wildman–Crippen LogP) is 7.24. The predicted molar refractivity (Wildman–Crippen MR) is 111 cm³/mol. The highest BCUT2D eigenvalue weighted by Crippen LogP contribution is 2.63. The lowest BCUT2D eigenvalue weighted by Gasteiger charge is -2.50. The van der Waals surface area contributed by atoms with Gasteiger partial charge in [-0.25, -0.2) is 9.47 Å². The molecule has 1 atom stereocenters. The van der Waals surface area contributed by atoms with E-state index in [-0.39, 0.29) is 6.92 Å². The van der Waals surface area contributed by atoms with Crippen LogP contribution in [0.5, 0.6) is 0 Å². The fourth-order valence-electron chi connectivity index (χ4n) is 3.79. The maximum absolute atomic E-state index is 15.2. The third-order valence-electron chi connectivity index (χ3n) is 6.86. The van der Waals surface area contributed by atoms with Crippen molar-refractivity contribution in [1.82, 2.24) is 0 Å². The topological polar surface area (TPSA) is 127 Å². The first kappa shape index (κ1) is 42.6. The van der Waals surface area contributed by atoms with Crippen LogP contribution in [0.3, 0.4) is 0 Å². The molecule has 0 fully saturated rings. The summed E-state index contributed by atoms with van der Waals surface area (Å²) in [6, 6.07) is 0. The van der Waals surface area contributed by atoms with E-state index < -0.39 is 104 Å². The smallest absolute Gasteiger partial charge is 0.281 e. The van der Waals surface area contributed by atoms with Gasteiger partial charge in [-0.3, -0.25) is 9.11 Å². The maximum Gasteiger partial charge on any atom is 0.460 e. The molecule has 0 aliphatic carbocycles. The zero-order valence-electron chi connectivity index (χ0n) is 22.0. The molecule has 0 rings (SSSR count). The van der Waals surface area contributed by atoms with Gasteiger partial charge in [0.05, 0.1) is 0 Å². The quantitative estimate of drug-likeness (QED) is 0.118. The van der Waals surface area contributed by atoms with Gasteiger partial charge in [0.2, 0.25) is 0 Å². The van der Waals surface area contributed by atoms with Crippen LogP contribution in [0.1, 0.15) is 53.4 Å². The van der Waals surface area contributed by atoms with Gasteiger partial charge in [-0.15, -0.1) is 0 Å². The Bertz CT molecular complexity index is 1250. The Balaban J connectivity index is 7.09. The maximum atomic E-state index is 15.2. The van der Waals surface area contributed by atoms with E-state index in [1.807, 2.05) is 0 Å². The second kappa shape index (κ2) is 11.7. The second-order valence-electron chi connectivity index (χ2n) is 9.48. The van der Waals surface area contributed by atoms with Crippen molar-refractivity contribution in [1.29, 1.82) is 0 Å². The summed E-state index contributed by atoms with van der Waals surface area (Å²) in [6.07, 6.45) is -36.1. The highest BCUT2D eigenvalue weighted by Gasteiger charge is 2.80. The molecule has 0 saturated heterocycles. The van der Waals surface area contributed by atoms with E-state index in [0.29, 0.717) is 20.8 Å². The second-order valence-corrected chi connectivity index (χ2v) is 12.4. The minimum absolute atomic E-state index is 0.237. The van der Waals surface area contributed by atoms with Crippen molar-refractivity contribution in [2.75, 3.05) is 0 Å². The molecule has 0 spiro atoms. The van der Waals surface area contributed by atoms with E-state index >= 15 is 17.6 Å². The summed E-state index contributed by atoms with van der Waals surface area (Å²) in [7, 11) is -14.8. The third-order valence-corrected chi connectivity index (χ3v) is 8.63. The molecule has 0 aromatic carbocycles. The molecule has 266 valence electrons. The minimum Gasteiger partial charge on any atom is -0.281 e. The number of ether oxygens (including phenoxy) is 2. The first-order valence-electron chi connectivity index (χ1n) is 11.2. The van der Waals surface area contributed by atoms with Crippen LogP contribution < -0.4 is 0 Å². The average molecular weight is 734 g/mol. The van der Waals surface area contributed by atoms with Crippen LogP contribution in [0, 0.1) is 10.8 Å². The van der Waals surface area contributed by atoms with Crippen LogP contribution in [-0.2, 0) is 29.7 Å².